The van der Waals surface area contributed by atoms with Crippen LogP contribution < -0.4 is 5.73 Å². The fourth-order valence-electron chi connectivity index (χ4n) is 10.2. The van der Waals surface area contributed by atoms with E-state index in [1.54, 1.807) is 0 Å². The van der Waals surface area contributed by atoms with Gasteiger partial charge >= 0.3 is 19.8 Å². The molecule has 3 N–H and O–H groups in total. The molecule has 0 radical (unpaired) electrons. The number of unbranched alkanes of at least 4 members (excludes halogenated alkanes) is 38. The molecule has 0 spiro atoms. The molecule has 9 nitrogen and oxygen atoms in total. The Labute approximate surface area is 525 Å². The number of hydrogen-bond acceptors (Lipinski definition) is 8. The highest BCUT2D eigenvalue weighted by atomic mass is 31.2. The summed E-state index contributed by atoms with van der Waals surface area (Å²) < 4.78 is 33.2. The van der Waals surface area contributed by atoms with Crippen LogP contribution in [0.4, 0.5) is 0 Å². The van der Waals surface area contributed by atoms with Crippen molar-refractivity contribution in [2.45, 2.75) is 341 Å². The highest BCUT2D eigenvalue weighted by Gasteiger charge is 2.26. The lowest BCUT2D eigenvalue weighted by Crippen LogP contribution is -2.29. The van der Waals surface area contributed by atoms with Crippen molar-refractivity contribution < 1.29 is 37.6 Å². The summed E-state index contributed by atoms with van der Waals surface area (Å²) in [4.78, 5) is 35.4. The number of ether oxygens (including phenoxy) is 2. The second-order valence-corrected chi connectivity index (χ2v) is 25.2. The number of rotatable bonds is 67. The highest BCUT2D eigenvalue weighted by molar-refractivity contribution is 7.47. The lowest BCUT2D eigenvalue weighted by Gasteiger charge is -2.19. The zero-order chi connectivity index (χ0) is 61.6. The Morgan fingerprint density at radius 3 is 0.965 bits per heavy atom. The summed E-state index contributed by atoms with van der Waals surface area (Å²) in [6.07, 6.45) is 95.0. The monoisotopic (exact) mass is 1210 g/mol. The third kappa shape index (κ3) is 69.9. The van der Waals surface area contributed by atoms with Gasteiger partial charge in [-0.05, 0) is 96.3 Å². The van der Waals surface area contributed by atoms with Gasteiger partial charge in [0.15, 0.2) is 6.10 Å². The first kappa shape index (κ1) is 81.9. The summed E-state index contributed by atoms with van der Waals surface area (Å²) in [7, 11) is -4.40. The fraction of sp³-hybridized carbons (Fsp3) is 0.760. The molecule has 0 heterocycles. The number of phosphoric acid groups is 1. The standard InChI is InChI=1S/C75H134NO8P/c1-3-5-7-9-11-13-15-17-19-21-23-25-27-29-31-33-35-36-38-40-42-44-46-48-50-52-54-56-58-60-62-64-66-68-75(78)84-73(72-83-85(79,80)82-70-69-76)71-81-74(77)67-65-63-61-59-57-55-53-51-49-47-45-43-41-39-37-34-32-30-28-26-24-22-20-18-16-14-12-10-8-6-4-2/h5,7,11,13,16-19,22-25,28-31,73H,3-4,6,8-10,12,14-15,20-21,26-27,32-72,76H2,1-2H3,(H,79,80)/b7-5-,13-11-,18-16-,19-17-,24-22-,25-23-,30-28-,31-29-. The van der Waals surface area contributed by atoms with E-state index in [9.17, 15) is 19.0 Å². The van der Waals surface area contributed by atoms with Gasteiger partial charge in [0.2, 0.25) is 0 Å². The molecule has 0 aromatic heterocycles. The Morgan fingerprint density at radius 2 is 0.647 bits per heavy atom. The third-order valence-electron chi connectivity index (χ3n) is 15.5. The maximum absolute atomic E-state index is 12.8. The smallest absolute Gasteiger partial charge is 0.462 e. The van der Waals surface area contributed by atoms with E-state index in [1.807, 2.05) is 0 Å². The molecule has 0 aromatic rings. The van der Waals surface area contributed by atoms with Crippen molar-refractivity contribution in [3.63, 3.8) is 0 Å². The second-order valence-electron chi connectivity index (χ2n) is 23.7. The molecule has 0 saturated carbocycles. The first-order chi connectivity index (χ1) is 41.8. The van der Waals surface area contributed by atoms with Gasteiger partial charge in [-0.3, -0.25) is 18.6 Å². The Bertz CT molecular complexity index is 1720. The molecule has 0 saturated heterocycles. The summed E-state index contributed by atoms with van der Waals surface area (Å²) >= 11 is 0. The van der Waals surface area contributed by atoms with Crippen molar-refractivity contribution in [3.05, 3.63) is 97.2 Å². The van der Waals surface area contributed by atoms with Crippen LogP contribution in [0.15, 0.2) is 97.2 Å². The largest absolute Gasteiger partial charge is 0.472 e. The van der Waals surface area contributed by atoms with E-state index < -0.39 is 26.5 Å². The number of allylic oxidation sites excluding steroid dienone is 16. The average molecular weight is 1210 g/mol. The van der Waals surface area contributed by atoms with E-state index in [2.05, 4.69) is 111 Å². The summed E-state index contributed by atoms with van der Waals surface area (Å²) in [6.45, 7) is 3.66. The Hall–Kier alpha value is -3.07. The van der Waals surface area contributed by atoms with Gasteiger partial charge in [0.25, 0.3) is 0 Å². The molecule has 0 fully saturated rings. The van der Waals surface area contributed by atoms with Crippen LogP contribution in [0.25, 0.3) is 0 Å². The molecule has 0 aromatic carbocycles. The van der Waals surface area contributed by atoms with Crippen molar-refractivity contribution in [1.29, 1.82) is 0 Å². The zero-order valence-electron chi connectivity index (χ0n) is 55.3. The molecule has 0 rings (SSSR count). The highest BCUT2D eigenvalue weighted by Crippen LogP contribution is 2.43. The van der Waals surface area contributed by atoms with Crippen molar-refractivity contribution in [2.24, 2.45) is 5.73 Å². The van der Waals surface area contributed by atoms with Gasteiger partial charge in [-0.15, -0.1) is 0 Å². The minimum Gasteiger partial charge on any atom is -0.462 e. The quantitative estimate of drug-likeness (QED) is 0.0264. The van der Waals surface area contributed by atoms with Crippen molar-refractivity contribution in [2.75, 3.05) is 26.4 Å². The number of carbonyl (C=O) groups excluding carboxylic acids is 2. The number of esters is 2. The molecule has 492 valence electrons. The van der Waals surface area contributed by atoms with Crippen LogP contribution in [0.2, 0.25) is 0 Å². The van der Waals surface area contributed by atoms with E-state index in [0.717, 1.165) is 83.5 Å². The molecule has 0 amide bonds. The van der Waals surface area contributed by atoms with Crippen LogP contribution in [0, 0.1) is 0 Å². The summed E-state index contributed by atoms with van der Waals surface area (Å²) in [6, 6.07) is 0. The predicted octanol–water partition coefficient (Wildman–Crippen LogP) is 23.5. The molecule has 0 aliphatic heterocycles. The molecular formula is C75H134NO8P. The first-order valence-electron chi connectivity index (χ1n) is 35.7. The molecule has 0 aliphatic carbocycles. The van der Waals surface area contributed by atoms with Gasteiger partial charge in [-0.2, -0.15) is 0 Å². The van der Waals surface area contributed by atoms with E-state index >= 15 is 0 Å². The van der Waals surface area contributed by atoms with Gasteiger partial charge < -0.3 is 20.1 Å². The van der Waals surface area contributed by atoms with Crippen molar-refractivity contribution in [3.8, 4) is 0 Å². The van der Waals surface area contributed by atoms with Gasteiger partial charge in [0.05, 0.1) is 13.2 Å². The Morgan fingerprint density at radius 1 is 0.365 bits per heavy atom. The van der Waals surface area contributed by atoms with E-state index in [0.29, 0.717) is 6.42 Å². The number of nitrogens with two attached hydrogens (primary N) is 1. The van der Waals surface area contributed by atoms with Gasteiger partial charge in [0.1, 0.15) is 6.61 Å². The van der Waals surface area contributed by atoms with Crippen LogP contribution in [0.1, 0.15) is 335 Å². The van der Waals surface area contributed by atoms with E-state index in [-0.39, 0.29) is 38.6 Å². The van der Waals surface area contributed by atoms with Crippen LogP contribution in [0.5, 0.6) is 0 Å². The Balaban J connectivity index is 3.86. The van der Waals surface area contributed by atoms with Gasteiger partial charge in [0, 0.05) is 19.4 Å². The summed E-state index contributed by atoms with van der Waals surface area (Å²) in [5.41, 5.74) is 5.41. The zero-order valence-corrected chi connectivity index (χ0v) is 56.2. The maximum Gasteiger partial charge on any atom is 0.472 e. The fourth-order valence-corrected chi connectivity index (χ4v) is 11.0. The topological polar surface area (TPSA) is 134 Å². The normalized spacial score (nSPS) is 13.5. The predicted molar refractivity (Wildman–Crippen MR) is 367 cm³/mol. The second kappa shape index (κ2) is 70.0. The first-order valence-corrected chi connectivity index (χ1v) is 37.2. The minimum absolute atomic E-state index is 0.0519. The Kier molecular flexibility index (Phi) is 67.5. The van der Waals surface area contributed by atoms with Gasteiger partial charge in [-0.1, -0.05) is 323 Å². The number of hydrogen-bond donors (Lipinski definition) is 2. The van der Waals surface area contributed by atoms with Crippen LogP contribution >= 0.6 is 7.82 Å². The van der Waals surface area contributed by atoms with Crippen molar-refractivity contribution in [1.82, 2.24) is 0 Å². The SMILES string of the molecule is CC/C=C\C/C=C\C/C=C\C/C=C\C/C=C\CCCCCCCCCCCCCCCCCCCC(=O)OC(COC(=O)CCCCCCCCCCCCCCCCCC/C=C\C/C=C\C/C=C\CCCCCCC)COP(=O)(O)OCCN. The molecule has 2 unspecified atom stereocenters. The summed E-state index contributed by atoms with van der Waals surface area (Å²) in [5, 5.41) is 0. The molecule has 10 heteroatoms. The van der Waals surface area contributed by atoms with E-state index in [4.69, 9.17) is 24.3 Å². The molecule has 85 heavy (non-hydrogen) atoms. The minimum atomic E-state index is -4.40. The van der Waals surface area contributed by atoms with Crippen LogP contribution in [-0.2, 0) is 32.7 Å². The molecule has 2 atom stereocenters. The number of phosphoric ester groups is 1. The van der Waals surface area contributed by atoms with Crippen molar-refractivity contribution >= 4 is 19.8 Å². The van der Waals surface area contributed by atoms with Crippen LogP contribution in [-0.4, -0.2) is 49.3 Å². The lowest BCUT2D eigenvalue weighted by atomic mass is 10.0. The molecule has 0 bridgehead atoms. The summed E-state index contributed by atoms with van der Waals surface area (Å²) in [5.74, 6) is -0.816. The average Bonchev–Trinajstić information content (AvgIpc) is 3.52. The molecular weight excluding hydrogens is 1070 g/mol. The lowest BCUT2D eigenvalue weighted by molar-refractivity contribution is -0.161. The molecule has 0 aliphatic rings. The van der Waals surface area contributed by atoms with E-state index in [1.165, 1.54) is 218 Å². The third-order valence-corrected chi connectivity index (χ3v) is 16.4. The number of carbonyl (C=O) groups is 2. The maximum atomic E-state index is 12.8. The van der Waals surface area contributed by atoms with Gasteiger partial charge in [-0.25, -0.2) is 4.57 Å². The van der Waals surface area contributed by atoms with Crippen LogP contribution in [0.3, 0.4) is 0 Å².